The molecule has 0 atom stereocenters. The Kier molecular flexibility index (Phi) is 5.05. The number of thioether (sulfide) groups is 1. The SMILES string of the molecule is O=C(O)/C(=C/c1ccc([N+](=O)[O-])o1)Sc1nnc(-c2ccc(Cl)cc2)o1. The summed E-state index contributed by atoms with van der Waals surface area (Å²) in [6.07, 6.45) is 1.13. The zero-order chi connectivity index (χ0) is 18.7. The van der Waals surface area contributed by atoms with Crippen molar-refractivity contribution in [2.75, 3.05) is 0 Å². The predicted molar refractivity (Wildman–Crippen MR) is 91.6 cm³/mol. The number of rotatable bonds is 6. The minimum atomic E-state index is -1.28. The molecule has 3 rings (SSSR count). The Morgan fingerprint density at radius 2 is 1.92 bits per heavy atom. The van der Waals surface area contributed by atoms with E-state index in [4.69, 9.17) is 20.4 Å². The van der Waals surface area contributed by atoms with E-state index in [2.05, 4.69) is 10.2 Å². The molecule has 9 nitrogen and oxygen atoms in total. The second kappa shape index (κ2) is 7.42. The van der Waals surface area contributed by atoms with Crippen LogP contribution >= 0.6 is 23.4 Å². The molecule has 0 spiro atoms. The van der Waals surface area contributed by atoms with Crippen LogP contribution < -0.4 is 0 Å². The maximum Gasteiger partial charge on any atom is 0.433 e. The zero-order valence-electron chi connectivity index (χ0n) is 12.7. The Morgan fingerprint density at radius 3 is 2.54 bits per heavy atom. The van der Waals surface area contributed by atoms with E-state index in [-0.39, 0.29) is 21.8 Å². The third-order valence-corrected chi connectivity index (χ3v) is 4.08. The molecule has 2 aromatic heterocycles. The van der Waals surface area contributed by atoms with Gasteiger partial charge in [0.05, 0.1) is 6.07 Å². The summed E-state index contributed by atoms with van der Waals surface area (Å²) in [6, 6.07) is 9.08. The van der Waals surface area contributed by atoms with Gasteiger partial charge in [-0.1, -0.05) is 11.6 Å². The van der Waals surface area contributed by atoms with Gasteiger partial charge in [-0.3, -0.25) is 10.1 Å². The van der Waals surface area contributed by atoms with Crippen LogP contribution in [0.3, 0.4) is 0 Å². The van der Waals surface area contributed by atoms with Gasteiger partial charge in [-0.25, -0.2) is 4.79 Å². The van der Waals surface area contributed by atoms with Crippen LogP contribution in [0.25, 0.3) is 17.5 Å². The van der Waals surface area contributed by atoms with E-state index in [1.165, 1.54) is 6.07 Å². The Bertz CT molecular complexity index is 995. The van der Waals surface area contributed by atoms with Crippen molar-refractivity contribution >= 4 is 41.3 Å². The molecule has 26 heavy (non-hydrogen) atoms. The molecule has 0 aliphatic rings. The van der Waals surface area contributed by atoms with Gasteiger partial charge in [-0.2, -0.15) is 0 Å². The summed E-state index contributed by atoms with van der Waals surface area (Å²) in [5, 5.41) is 28.1. The van der Waals surface area contributed by atoms with Crippen LogP contribution in [0.15, 0.2) is 55.4 Å². The topological polar surface area (TPSA) is 132 Å². The van der Waals surface area contributed by atoms with Gasteiger partial charge in [-0.05, 0) is 42.1 Å². The third-order valence-electron chi connectivity index (χ3n) is 2.97. The summed E-state index contributed by atoms with van der Waals surface area (Å²) < 4.78 is 10.3. The number of aromatic nitrogens is 2. The molecule has 0 fully saturated rings. The molecule has 2 heterocycles. The van der Waals surface area contributed by atoms with E-state index in [9.17, 15) is 20.0 Å². The van der Waals surface area contributed by atoms with Crippen molar-refractivity contribution in [3.8, 4) is 11.5 Å². The largest absolute Gasteiger partial charge is 0.477 e. The molecule has 0 aliphatic carbocycles. The van der Waals surface area contributed by atoms with Gasteiger partial charge in [0.2, 0.25) is 5.89 Å². The lowest BCUT2D eigenvalue weighted by Crippen LogP contribution is -1.96. The summed E-state index contributed by atoms with van der Waals surface area (Å²) in [5.74, 6) is -1.56. The van der Waals surface area contributed by atoms with E-state index in [1.54, 1.807) is 24.3 Å². The quantitative estimate of drug-likeness (QED) is 0.284. The predicted octanol–water partition coefficient (Wildman–Crippen LogP) is 4.11. The normalized spacial score (nSPS) is 11.5. The lowest BCUT2D eigenvalue weighted by molar-refractivity contribution is -0.402. The number of carboxylic acid groups (broad SMARTS) is 1. The summed E-state index contributed by atoms with van der Waals surface area (Å²) in [6.45, 7) is 0. The van der Waals surface area contributed by atoms with Crippen molar-refractivity contribution < 1.29 is 23.7 Å². The molecule has 0 aliphatic heterocycles. The Morgan fingerprint density at radius 1 is 1.19 bits per heavy atom. The summed E-state index contributed by atoms with van der Waals surface area (Å²) >= 11 is 6.51. The fourth-order valence-electron chi connectivity index (χ4n) is 1.84. The van der Waals surface area contributed by atoms with Crippen molar-refractivity contribution in [1.29, 1.82) is 0 Å². The Hall–Kier alpha value is -3.11. The number of nitrogens with zero attached hydrogens (tertiary/aromatic N) is 3. The number of benzene rings is 1. The number of carboxylic acids is 1. The molecule has 0 radical (unpaired) electrons. The number of carbonyl (C=O) groups is 1. The second-order valence-electron chi connectivity index (χ2n) is 4.73. The highest BCUT2D eigenvalue weighted by atomic mass is 35.5. The Balaban J connectivity index is 1.82. The molecule has 0 saturated heterocycles. The van der Waals surface area contributed by atoms with Crippen molar-refractivity contribution in [3.63, 3.8) is 0 Å². The number of halogens is 1. The van der Waals surface area contributed by atoms with Gasteiger partial charge in [0.1, 0.15) is 15.6 Å². The zero-order valence-corrected chi connectivity index (χ0v) is 14.2. The highest BCUT2D eigenvalue weighted by Crippen LogP contribution is 2.31. The van der Waals surface area contributed by atoms with Crippen molar-refractivity contribution in [2.45, 2.75) is 5.22 Å². The third kappa shape index (κ3) is 4.10. The van der Waals surface area contributed by atoms with Gasteiger partial charge in [-0.15, -0.1) is 10.2 Å². The molecule has 0 bridgehead atoms. The monoisotopic (exact) mass is 393 g/mol. The first-order valence-electron chi connectivity index (χ1n) is 6.89. The van der Waals surface area contributed by atoms with Gasteiger partial charge in [0, 0.05) is 16.7 Å². The van der Waals surface area contributed by atoms with Crippen LogP contribution in [0.1, 0.15) is 5.76 Å². The number of nitro groups is 1. The van der Waals surface area contributed by atoms with Crippen molar-refractivity contribution in [3.05, 3.63) is 62.2 Å². The highest BCUT2D eigenvalue weighted by Gasteiger charge is 2.18. The van der Waals surface area contributed by atoms with Crippen LogP contribution in [-0.2, 0) is 4.79 Å². The van der Waals surface area contributed by atoms with E-state index < -0.39 is 16.8 Å². The molecule has 1 aromatic carbocycles. The van der Waals surface area contributed by atoms with Crippen LogP contribution in [0, 0.1) is 10.1 Å². The van der Waals surface area contributed by atoms with Crippen molar-refractivity contribution in [2.24, 2.45) is 0 Å². The maximum absolute atomic E-state index is 11.4. The standard InChI is InChI=1S/C15H8ClN3O6S/c16-9-3-1-8(2-4-9)13-17-18-15(25-13)26-11(14(20)21)7-10-5-6-12(24-10)19(22)23/h1-7H,(H,20,21)/b11-7-. The van der Waals surface area contributed by atoms with Crippen LogP contribution in [0.5, 0.6) is 0 Å². The first-order chi connectivity index (χ1) is 12.4. The first-order valence-corrected chi connectivity index (χ1v) is 8.08. The molecule has 3 aromatic rings. The van der Waals surface area contributed by atoms with Crippen LogP contribution in [-0.4, -0.2) is 26.2 Å². The summed E-state index contributed by atoms with van der Waals surface area (Å²) in [5.41, 5.74) is 0.622. The fraction of sp³-hybridized carbons (Fsp3) is 0. The minimum absolute atomic E-state index is 0.00958. The van der Waals surface area contributed by atoms with Gasteiger partial charge >= 0.3 is 11.9 Å². The van der Waals surface area contributed by atoms with E-state index >= 15 is 0 Å². The lowest BCUT2D eigenvalue weighted by Gasteiger charge is -1.97. The van der Waals surface area contributed by atoms with E-state index in [0.717, 1.165) is 12.1 Å². The average molecular weight is 394 g/mol. The Labute approximate surface area is 154 Å². The molecule has 0 saturated carbocycles. The molecule has 0 amide bonds. The van der Waals surface area contributed by atoms with Crippen molar-refractivity contribution in [1.82, 2.24) is 10.2 Å². The average Bonchev–Trinajstić information content (AvgIpc) is 3.24. The number of furan rings is 1. The molecule has 1 N–H and O–H groups in total. The first kappa shape index (κ1) is 17.7. The highest BCUT2D eigenvalue weighted by molar-refractivity contribution is 8.03. The lowest BCUT2D eigenvalue weighted by atomic mass is 10.2. The van der Waals surface area contributed by atoms with Crippen LogP contribution in [0.4, 0.5) is 5.88 Å². The van der Waals surface area contributed by atoms with Gasteiger partial charge in [0.25, 0.3) is 5.22 Å². The molecule has 132 valence electrons. The molecular formula is C15H8ClN3O6S. The number of hydrogen-bond donors (Lipinski definition) is 1. The second-order valence-corrected chi connectivity index (χ2v) is 6.16. The smallest absolute Gasteiger partial charge is 0.433 e. The minimum Gasteiger partial charge on any atom is -0.477 e. The maximum atomic E-state index is 11.4. The molecule has 0 unspecified atom stereocenters. The van der Waals surface area contributed by atoms with E-state index in [0.29, 0.717) is 22.3 Å². The fourth-order valence-corrected chi connectivity index (χ4v) is 2.61. The summed E-state index contributed by atoms with van der Waals surface area (Å²) in [4.78, 5) is 21.1. The van der Waals surface area contributed by atoms with E-state index in [1.807, 2.05) is 0 Å². The summed E-state index contributed by atoms with van der Waals surface area (Å²) in [7, 11) is 0. The van der Waals surface area contributed by atoms with Crippen LogP contribution in [0.2, 0.25) is 5.02 Å². The molecular weight excluding hydrogens is 386 g/mol. The molecule has 11 heteroatoms. The number of hydrogen-bond acceptors (Lipinski definition) is 8. The van der Waals surface area contributed by atoms with Gasteiger partial charge in [0.15, 0.2) is 0 Å². The van der Waals surface area contributed by atoms with Gasteiger partial charge < -0.3 is 13.9 Å². The number of aliphatic carboxylic acids is 1.